The van der Waals surface area contributed by atoms with Crippen molar-refractivity contribution in [1.29, 1.82) is 0 Å². The summed E-state index contributed by atoms with van der Waals surface area (Å²) in [6.07, 6.45) is 0.830. The van der Waals surface area contributed by atoms with E-state index in [1.54, 1.807) is 11.9 Å². The fourth-order valence-electron chi connectivity index (χ4n) is 2.08. The minimum atomic E-state index is -0.499. The minimum Gasteiger partial charge on any atom is -0.346 e. The van der Waals surface area contributed by atoms with Gasteiger partial charge in [0, 0.05) is 43.8 Å². The van der Waals surface area contributed by atoms with Crippen molar-refractivity contribution in [2.45, 2.75) is 12.8 Å². The van der Waals surface area contributed by atoms with Crippen LogP contribution in [0.4, 0.5) is 11.4 Å². The number of benzene rings is 1. The summed E-state index contributed by atoms with van der Waals surface area (Å²) in [7, 11) is 1.72. The van der Waals surface area contributed by atoms with Crippen LogP contribution < -0.4 is 5.32 Å². The van der Waals surface area contributed by atoms with Crippen molar-refractivity contribution in [2.24, 2.45) is 5.92 Å². The number of rotatable bonds is 3. The molecule has 1 aliphatic heterocycles. The van der Waals surface area contributed by atoms with E-state index in [1.165, 1.54) is 24.3 Å². The second-order valence-electron chi connectivity index (χ2n) is 4.80. The van der Waals surface area contributed by atoms with Crippen LogP contribution in [0.3, 0.4) is 0 Å². The molecular weight excluding hydrogens is 262 g/mol. The minimum absolute atomic E-state index is 0.0301. The van der Waals surface area contributed by atoms with Crippen molar-refractivity contribution in [3.63, 3.8) is 0 Å². The summed E-state index contributed by atoms with van der Waals surface area (Å²) >= 11 is 0. The van der Waals surface area contributed by atoms with E-state index in [0.717, 1.165) is 0 Å². The van der Waals surface area contributed by atoms with Gasteiger partial charge in [0.05, 0.1) is 4.92 Å². The molecule has 0 aliphatic carbocycles. The number of nitro groups is 1. The molecule has 1 saturated heterocycles. The fraction of sp³-hybridized carbons (Fsp3) is 0.385. The van der Waals surface area contributed by atoms with Gasteiger partial charge in [0.1, 0.15) is 0 Å². The molecule has 7 heteroatoms. The first-order valence-corrected chi connectivity index (χ1v) is 6.26. The van der Waals surface area contributed by atoms with Gasteiger partial charge in [0.15, 0.2) is 0 Å². The molecule has 7 nitrogen and oxygen atoms in total. The molecule has 0 saturated carbocycles. The van der Waals surface area contributed by atoms with Crippen LogP contribution in [0, 0.1) is 16.0 Å². The Balaban J connectivity index is 1.97. The molecular formula is C13H15N3O4. The maximum Gasteiger partial charge on any atom is 0.269 e. The van der Waals surface area contributed by atoms with Gasteiger partial charge in [-0.1, -0.05) is 0 Å². The molecule has 0 aromatic heterocycles. The number of nitrogens with zero attached hydrogens (tertiary/aromatic N) is 2. The molecule has 1 aliphatic rings. The van der Waals surface area contributed by atoms with Gasteiger partial charge in [0.25, 0.3) is 5.69 Å². The van der Waals surface area contributed by atoms with Gasteiger partial charge >= 0.3 is 0 Å². The number of piperidine rings is 1. The van der Waals surface area contributed by atoms with Crippen molar-refractivity contribution in [3.8, 4) is 0 Å². The number of carbonyl (C=O) groups is 2. The molecule has 1 N–H and O–H groups in total. The van der Waals surface area contributed by atoms with Crippen molar-refractivity contribution in [2.75, 3.05) is 18.9 Å². The fourth-order valence-corrected chi connectivity index (χ4v) is 2.08. The molecule has 1 aromatic carbocycles. The van der Waals surface area contributed by atoms with Gasteiger partial charge in [-0.05, 0) is 18.6 Å². The van der Waals surface area contributed by atoms with Gasteiger partial charge in [0.2, 0.25) is 11.8 Å². The zero-order valence-electron chi connectivity index (χ0n) is 11.0. The van der Waals surface area contributed by atoms with Crippen LogP contribution in [0.5, 0.6) is 0 Å². The van der Waals surface area contributed by atoms with Gasteiger partial charge in [-0.25, -0.2) is 0 Å². The number of hydrogen-bond donors (Lipinski definition) is 1. The Morgan fingerprint density at radius 2 is 2.05 bits per heavy atom. The molecule has 1 atom stereocenters. The summed E-state index contributed by atoms with van der Waals surface area (Å²) in [5, 5.41) is 13.2. The molecule has 106 valence electrons. The van der Waals surface area contributed by atoms with Crippen LogP contribution in [-0.4, -0.2) is 35.2 Å². The van der Waals surface area contributed by atoms with E-state index in [2.05, 4.69) is 5.32 Å². The van der Waals surface area contributed by atoms with E-state index in [1.807, 2.05) is 0 Å². The maximum atomic E-state index is 12.0. The number of anilines is 1. The second kappa shape index (κ2) is 5.68. The molecule has 0 radical (unpaired) electrons. The van der Waals surface area contributed by atoms with Gasteiger partial charge in [-0.15, -0.1) is 0 Å². The standard InChI is InChI=1S/C13H15N3O4/c1-15-7-6-9(8-12(15)17)13(18)14-10-2-4-11(5-3-10)16(19)20/h2-5,9H,6-8H2,1H3,(H,14,18)/t9-/m1/s1. The first-order chi connectivity index (χ1) is 9.47. The average Bonchev–Trinajstić information content (AvgIpc) is 2.42. The van der Waals surface area contributed by atoms with Crippen LogP contribution in [-0.2, 0) is 9.59 Å². The summed E-state index contributed by atoms with van der Waals surface area (Å²) in [6.45, 7) is 0.567. The molecule has 1 heterocycles. The largest absolute Gasteiger partial charge is 0.346 e. The number of non-ortho nitro benzene ring substituents is 1. The lowest BCUT2D eigenvalue weighted by molar-refractivity contribution is -0.384. The van der Waals surface area contributed by atoms with Gasteiger partial charge in [-0.2, -0.15) is 0 Å². The normalized spacial score (nSPS) is 18.8. The maximum absolute atomic E-state index is 12.0. The predicted molar refractivity (Wildman–Crippen MR) is 72.1 cm³/mol. The Labute approximate surface area is 115 Å². The SMILES string of the molecule is CN1CC[C@@H](C(=O)Nc2ccc([N+](=O)[O-])cc2)CC1=O. The first kappa shape index (κ1) is 14.0. The number of amides is 2. The third-order valence-electron chi connectivity index (χ3n) is 3.38. The highest BCUT2D eigenvalue weighted by molar-refractivity contribution is 5.95. The zero-order chi connectivity index (χ0) is 14.7. The quantitative estimate of drug-likeness (QED) is 0.667. The third kappa shape index (κ3) is 3.11. The van der Waals surface area contributed by atoms with Gasteiger partial charge < -0.3 is 10.2 Å². The Hall–Kier alpha value is -2.44. The van der Waals surface area contributed by atoms with Crippen molar-refractivity contribution >= 4 is 23.2 Å². The summed E-state index contributed by atoms with van der Waals surface area (Å²) in [5.41, 5.74) is 0.462. The average molecular weight is 277 g/mol. The monoisotopic (exact) mass is 277 g/mol. The highest BCUT2D eigenvalue weighted by Crippen LogP contribution is 2.21. The number of likely N-dealkylation sites (tertiary alicyclic amines) is 1. The second-order valence-corrected chi connectivity index (χ2v) is 4.80. The predicted octanol–water partition coefficient (Wildman–Crippen LogP) is 1.40. The van der Waals surface area contributed by atoms with E-state index >= 15 is 0 Å². The lowest BCUT2D eigenvalue weighted by atomic mass is 9.95. The molecule has 0 bridgehead atoms. The summed E-state index contributed by atoms with van der Waals surface area (Å²) < 4.78 is 0. The van der Waals surface area contributed by atoms with Crippen molar-refractivity contribution in [1.82, 2.24) is 4.90 Å². The van der Waals surface area contributed by atoms with Crippen molar-refractivity contribution in [3.05, 3.63) is 34.4 Å². The lowest BCUT2D eigenvalue weighted by Gasteiger charge is -2.27. The van der Waals surface area contributed by atoms with Gasteiger partial charge in [-0.3, -0.25) is 19.7 Å². The molecule has 1 aromatic rings. The lowest BCUT2D eigenvalue weighted by Crippen LogP contribution is -2.39. The molecule has 0 spiro atoms. The first-order valence-electron chi connectivity index (χ1n) is 6.26. The van der Waals surface area contributed by atoms with Crippen molar-refractivity contribution < 1.29 is 14.5 Å². The smallest absolute Gasteiger partial charge is 0.269 e. The Morgan fingerprint density at radius 3 is 2.60 bits per heavy atom. The summed E-state index contributed by atoms with van der Waals surface area (Å²) in [6, 6.07) is 5.62. The number of nitrogens with one attached hydrogen (secondary N) is 1. The van der Waals surface area contributed by atoms with E-state index in [0.29, 0.717) is 18.7 Å². The zero-order valence-corrected chi connectivity index (χ0v) is 11.0. The molecule has 2 rings (SSSR count). The Kier molecular flexibility index (Phi) is 3.97. The summed E-state index contributed by atoms with van der Waals surface area (Å²) in [5.74, 6) is -0.603. The van der Waals surface area contributed by atoms with E-state index in [4.69, 9.17) is 0 Å². The highest BCUT2D eigenvalue weighted by Gasteiger charge is 2.28. The number of nitro benzene ring substituents is 1. The van der Waals surface area contributed by atoms with E-state index in [-0.39, 0.29) is 29.8 Å². The van der Waals surface area contributed by atoms with Crippen LogP contribution in [0.2, 0.25) is 0 Å². The van der Waals surface area contributed by atoms with Crippen LogP contribution in [0.25, 0.3) is 0 Å². The van der Waals surface area contributed by atoms with E-state index in [9.17, 15) is 19.7 Å². The molecule has 20 heavy (non-hydrogen) atoms. The molecule has 2 amide bonds. The Bertz CT molecular complexity index is 541. The van der Waals surface area contributed by atoms with Crippen LogP contribution >= 0.6 is 0 Å². The molecule has 1 fully saturated rings. The number of hydrogen-bond acceptors (Lipinski definition) is 4. The highest BCUT2D eigenvalue weighted by atomic mass is 16.6. The van der Waals surface area contributed by atoms with E-state index < -0.39 is 4.92 Å². The number of carbonyl (C=O) groups excluding carboxylic acids is 2. The summed E-state index contributed by atoms with van der Waals surface area (Å²) in [4.78, 5) is 35.2. The topological polar surface area (TPSA) is 92.6 Å². The third-order valence-corrected chi connectivity index (χ3v) is 3.38. The molecule has 0 unspecified atom stereocenters. The van der Waals surface area contributed by atoms with Crippen LogP contribution in [0.1, 0.15) is 12.8 Å². The van der Waals surface area contributed by atoms with Crippen LogP contribution in [0.15, 0.2) is 24.3 Å². The Morgan fingerprint density at radius 1 is 1.40 bits per heavy atom.